The van der Waals surface area contributed by atoms with Crippen LogP contribution >= 0.6 is 0 Å². The fourth-order valence-electron chi connectivity index (χ4n) is 7.34. The lowest BCUT2D eigenvalue weighted by molar-refractivity contribution is -0.163. The lowest BCUT2D eigenvalue weighted by Crippen LogP contribution is -2.30. The minimum Gasteiger partial charge on any atom is -0.462 e. The molecule has 0 aromatic carbocycles. The maximum absolute atomic E-state index is 12.8. The van der Waals surface area contributed by atoms with E-state index in [9.17, 15) is 9.59 Å². The summed E-state index contributed by atoms with van der Waals surface area (Å²) < 4.78 is 17.4. The highest BCUT2D eigenvalue weighted by atomic mass is 16.6. The zero-order valence-electron chi connectivity index (χ0n) is 44.3. The van der Waals surface area contributed by atoms with Crippen molar-refractivity contribution in [3.63, 3.8) is 0 Å². The summed E-state index contributed by atoms with van der Waals surface area (Å²) in [5.41, 5.74) is 0. The van der Waals surface area contributed by atoms with Gasteiger partial charge >= 0.3 is 11.9 Å². The van der Waals surface area contributed by atoms with Gasteiger partial charge in [0.2, 0.25) is 0 Å². The highest BCUT2D eigenvalue weighted by Gasteiger charge is 2.17. The normalized spacial score (nSPS) is 13.2. The molecule has 0 radical (unpaired) electrons. The summed E-state index contributed by atoms with van der Waals surface area (Å²) in [6, 6.07) is 0. The molecule has 0 aromatic rings. The van der Waals surface area contributed by atoms with Crippen LogP contribution < -0.4 is 0 Å². The molecule has 0 aliphatic carbocycles. The van der Waals surface area contributed by atoms with Crippen LogP contribution in [0.25, 0.3) is 0 Å². The highest BCUT2D eigenvalue weighted by Crippen LogP contribution is 2.13. The van der Waals surface area contributed by atoms with E-state index in [1.807, 2.05) is 0 Å². The van der Waals surface area contributed by atoms with Gasteiger partial charge < -0.3 is 14.2 Å². The largest absolute Gasteiger partial charge is 0.462 e. The van der Waals surface area contributed by atoms with Gasteiger partial charge in [-0.2, -0.15) is 0 Å². The van der Waals surface area contributed by atoms with Gasteiger partial charge in [0, 0.05) is 19.4 Å². The molecular formula is C63H104O5. The van der Waals surface area contributed by atoms with Crippen molar-refractivity contribution in [2.24, 2.45) is 0 Å². The lowest BCUT2D eigenvalue weighted by Gasteiger charge is -2.18. The summed E-state index contributed by atoms with van der Waals surface area (Å²) in [6.45, 7) is 7.50. The van der Waals surface area contributed by atoms with Crippen molar-refractivity contribution in [3.8, 4) is 0 Å². The van der Waals surface area contributed by atoms with E-state index in [4.69, 9.17) is 14.2 Å². The van der Waals surface area contributed by atoms with Gasteiger partial charge in [-0.1, -0.05) is 219 Å². The fourth-order valence-corrected chi connectivity index (χ4v) is 7.34. The Labute approximate surface area is 420 Å². The number of rotatable bonds is 50. The number of esters is 2. The first-order valence-corrected chi connectivity index (χ1v) is 28.1. The average Bonchev–Trinajstić information content (AvgIpc) is 3.34. The molecule has 0 amide bonds. The average molecular weight is 942 g/mol. The van der Waals surface area contributed by atoms with E-state index in [1.165, 1.54) is 70.6 Å². The third-order valence-corrected chi connectivity index (χ3v) is 11.5. The number of allylic oxidation sites excluding steroid dienone is 20. The Hall–Kier alpha value is -3.70. The van der Waals surface area contributed by atoms with Crippen LogP contribution in [0, 0.1) is 0 Å². The highest BCUT2D eigenvalue weighted by molar-refractivity contribution is 5.70. The smallest absolute Gasteiger partial charge is 0.306 e. The predicted molar refractivity (Wildman–Crippen MR) is 297 cm³/mol. The van der Waals surface area contributed by atoms with Crippen LogP contribution in [0.15, 0.2) is 122 Å². The van der Waals surface area contributed by atoms with E-state index in [-0.39, 0.29) is 25.2 Å². The zero-order chi connectivity index (χ0) is 49.2. The fraction of sp³-hybridized carbons (Fsp3) is 0.651. The van der Waals surface area contributed by atoms with Gasteiger partial charge in [0.1, 0.15) is 6.61 Å². The lowest BCUT2D eigenvalue weighted by atomic mass is 10.1. The second kappa shape index (κ2) is 57.6. The molecule has 0 aromatic heterocycles. The minimum atomic E-state index is -0.569. The molecule has 0 heterocycles. The molecule has 1 atom stereocenters. The quantitative estimate of drug-likeness (QED) is 0.0345. The first-order chi connectivity index (χ1) is 33.6. The van der Waals surface area contributed by atoms with Crippen LogP contribution in [0.4, 0.5) is 0 Å². The van der Waals surface area contributed by atoms with Crippen LogP contribution in [0.5, 0.6) is 0 Å². The van der Waals surface area contributed by atoms with Crippen molar-refractivity contribution in [1.82, 2.24) is 0 Å². The number of carbonyl (C=O) groups excluding carboxylic acids is 2. The molecule has 0 aliphatic heterocycles. The van der Waals surface area contributed by atoms with Crippen LogP contribution in [0.3, 0.4) is 0 Å². The molecule has 0 saturated carbocycles. The molecule has 0 rings (SSSR count). The van der Waals surface area contributed by atoms with E-state index in [0.717, 1.165) is 135 Å². The molecule has 5 heteroatoms. The van der Waals surface area contributed by atoms with Crippen molar-refractivity contribution in [2.75, 3.05) is 19.8 Å². The molecule has 0 N–H and O–H groups in total. The maximum Gasteiger partial charge on any atom is 0.306 e. The minimum absolute atomic E-state index is 0.0568. The van der Waals surface area contributed by atoms with E-state index in [2.05, 4.69) is 142 Å². The Morgan fingerprint density at radius 3 is 1.07 bits per heavy atom. The van der Waals surface area contributed by atoms with E-state index >= 15 is 0 Å². The molecule has 5 nitrogen and oxygen atoms in total. The standard InChI is InChI=1S/C63H104O5/c1-4-7-10-13-16-19-22-25-27-29-31-33-35-37-40-43-46-49-52-55-58-66-59-61(68-63(65)57-54-51-48-45-42-38-24-21-18-15-12-9-6-3)60-67-62(64)56-53-50-47-44-41-39-36-34-32-30-28-26-23-20-17-14-11-8-5-2/h7-8,10-11,16-17,19-21,24-28,31-34,37,40,61H,4-6,9,12-15,18,22-23,29-30,35-36,38-39,41-60H2,1-3H3/b10-7-,11-8-,19-16-,20-17-,24-21-,27-25-,28-26-,33-31-,34-32-,40-37-. The second-order valence-corrected chi connectivity index (χ2v) is 18.1. The molecule has 0 bridgehead atoms. The van der Waals surface area contributed by atoms with Gasteiger partial charge in [-0.05, 0) is 128 Å². The molecule has 386 valence electrons. The van der Waals surface area contributed by atoms with E-state index < -0.39 is 6.10 Å². The van der Waals surface area contributed by atoms with Crippen LogP contribution in [0.1, 0.15) is 239 Å². The Morgan fingerprint density at radius 1 is 0.338 bits per heavy atom. The predicted octanol–water partition coefficient (Wildman–Crippen LogP) is 19.3. The number of carbonyl (C=O) groups is 2. The molecular weight excluding hydrogens is 837 g/mol. The van der Waals surface area contributed by atoms with Gasteiger partial charge in [0.25, 0.3) is 0 Å². The third kappa shape index (κ3) is 54.9. The maximum atomic E-state index is 12.8. The molecule has 68 heavy (non-hydrogen) atoms. The molecule has 0 saturated heterocycles. The van der Waals surface area contributed by atoms with Crippen LogP contribution in [-0.4, -0.2) is 37.9 Å². The monoisotopic (exact) mass is 941 g/mol. The van der Waals surface area contributed by atoms with Gasteiger partial charge in [0.15, 0.2) is 6.10 Å². The van der Waals surface area contributed by atoms with Gasteiger partial charge in [0.05, 0.1) is 6.61 Å². The van der Waals surface area contributed by atoms with Crippen molar-refractivity contribution in [1.29, 1.82) is 0 Å². The Morgan fingerprint density at radius 2 is 0.662 bits per heavy atom. The Kier molecular flexibility index (Phi) is 54.5. The summed E-state index contributed by atoms with van der Waals surface area (Å²) in [4.78, 5) is 25.5. The number of hydrogen-bond acceptors (Lipinski definition) is 5. The summed E-state index contributed by atoms with van der Waals surface area (Å²) in [5.74, 6) is -0.443. The number of ether oxygens (including phenoxy) is 3. The van der Waals surface area contributed by atoms with Gasteiger partial charge in [-0.25, -0.2) is 0 Å². The SMILES string of the molecule is CC/C=C\C/C=C\C/C=C\C/C=C\C/C=C\CCCCCCOCC(COC(=O)CCCCCCCC/C=C\C/C=C\C/C=C\C/C=C\CC)OC(=O)CCCCCCC/C=C\CCCCCC. The summed E-state index contributed by atoms with van der Waals surface area (Å²) in [6.07, 6.45) is 80.7. The van der Waals surface area contributed by atoms with Crippen molar-refractivity contribution in [3.05, 3.63) is 122 Å². The van der Waals surface area contributed by atoms with Crippen molar-refractivity contribution < 1.29 is 23.8 Å². The number of hydrogen-bond donors (Lipinski definition) is 0. The molecule has 0 fully saturated rings. The zero-order valence-corrected chi connectivity index (χ0v) is 44.3. The van der Waals surface area contributed by atoms with Crippen molar-refractivity contribution >= 4 is 11.9 Å². The summed E-state index contributed by atoms with van der Waals surface area (Å²) >= 11 is 0. The third-order valence-electron chi connectivity index (χ3n) is 11.5. The van der Waals surface area contributed by atoms with Crippen LogP contribution in [0.2, 0.25) is 0 Å². The summed E-state index contributed by atoms with van der Waals surface area (Å²) in [7, 11) is 0. The van der Waals surface area contributed by atoms with E-state index in [0.29, 0.717) is 19.4 Å². The Bertz CT molecular complexity index is 1390. The second-order valence-electron chi connectivity index (χ2n) is 18.1. The molecule has 1 unspecified atom stereocenters. The molecule has 0 spiro atoms. The Balaban J connectivity index is 4.37. The summed E-state index contributed by atoms with van der Waals surface area (Å²) in [5, 5.41) is 0. The number of unbranched alkanes of at least 4 members (excludes halogenated alkanes) is 19. The van der Waals surface area contributed by atoms with Crippen LogP contribution in [-0.2, 0) is 23.8 Å². The first-order valence-electron chi connectivity index (χ1n) is 28.1. The van der Waals surface area contributed by atoms with Gasteiger partial charge in [-0.15, -0.1) is 0 Å². The topological polar surface area (TPSA) is 61.8 Å². The van der Waals surface area contributed by atoms with Gasteiger partial charge in [-0.3, -0.25) is 9.59 Å². The molecule has 0 aliphatic rings. The van der Waals surface area contributed by atoms with E-state index in [1.54, 1.807) is 0 Å². The first kappa shape index (κ1) is 64.3. The van der Waals surface area contributed by atoms with Crippen molar-refractivity contribution in [2.45, 2.75) is 245 Å².